The summed E-state index contributed by atoms with van der Waals surface area (Å²) in [7, 11) is 0. The Kier molecular flexibility index (Phi) is 3.35. The molecule has 0 radical (unpaired) electrons. The maximum absolute atomic E-state index is 12.9. The van der Waals surface area contributed by atoms with Crippen molar-refractivity contribution in [2.75, 3.05) is 26.2 Å². The molecule has 140 valence electrons. The third kappa shape index (κ3) is 2.13. The Morgan fingerprint density at radius 1 is 1.19 bits per heavy atom. The standard InChI is InChI=1S/C20H27N3O3/c1-3-14-8-15(14)17(24)22-9-19-5-4-6-20(19,10-22)12-23(11-19)18(25)16-7-13(2)26-21-16/h7,14-15H,3-6,8-12H2,1-2H3. The van der Waals surface area contributed by atoms with Crippen LogP contribution < -0.4 is 0 Å². The molecule has 6 heteroatoms. The lowest BCUT2D eigenvalue weighted by Crippen LogP contribution is -2.40. The fourth-order valence-corrected chi connectivity index (χ4v) is 6.12. The second kappa shape index (κ2) is 5.33. The number of carbonyl (C=O) groups is 2. The smallest absolute Gasteiger partial charge is 0.276 e. The van der Waals surface area contributed by atoms with E-state index >= 15 is 0 Å². The van der Waals surface area contributed by atoms with Gasteiger partial charge in [-0.05, 0) is 32.1 Å². The summed E-state index contributed by atoms with van der Waals surface area (Å²) in [5.41, 5.74) is 0.589. The second-order valence-corrected chi connectivity index (χ2v) is 9.10. The van der Waals surface area contributed by atoms with Gasteiger partial charge in [-0.25, -0.2) is 0 Å². The average molecular weight is 357 g/mol. The molecule has 4 atom stereocenters. The van der Waals surface area contributed by atoms with E-state index in [0.717, 1.165) is 51.9 Å². The van der Waals surface area contributed by atoms with E-state index in [4.69, 9.17) is 4.52 Å². The predicted octanol–water partition coefficient (Wildman–Crippen LogP) is 2.48. The van der Waals surface area contributed by atoms with Gasteiger partial charge in [-0.15, -0.1) is 0 Å². The van der Waals surface area contributed by atoms with E-state index in [1.165, 1.54) is 6.42 Å². The summed E-state index contributed by atoms with van der Waals surface area (Å²) in [5, 5.41) is 3.91. The summed E-state index contributed by atoms with van der Waals surface area (Å²) in [6.07, 6.45) is 5.65. The van der Waals surface area contributed by atoms with Crippen molar-refractivity contribution in [3.05, 3.63) is 17.5 Å². The molecule has 5 rings (SSSR count). The normalized spacial score (nSPS) is 37.8. The third-order valence-corrected chi connectivity index (χ3v) is 7.62. The number of hydrogen-bond donors (Lipinski definition) is 0. The largest absolute Gasteiger partial charge is 0.361 e. The summed E-state index contributed by atoms with van der Waals surface area (Å²) in [6, 6.07) is 1.72. The van der Waals surface area contributed by atoms with Crippen molar-refractivity contribution in [3.63, 3.8) is 0 Å². The van der Waals surface area contributed by atoms with Gasteiger partial charge < -0.3 is 14.3 Å². The molecule has 2 aliphatic heterocycles. The number of nitrogens with zero attached hydrogens (tertiary/aromatic N) is 3. The molecular weight excluding hydrogens is 330 g/mol. The minimum absolute atomic E-state index is 0.0250. The van der Waals surface area contributed by atoms with E-state index in [0.29, 0.717) is 23.3 Å². The van der Waals surface area contributed by atoms with E-state index in [2.05, 4.69) is 17.0 Å². The van der Waals surface area contributed by atoms with Gasteiger partial charge in [-0.2, -0.15) is 0 Å². The topological polar surface area (TPSA) is 66.7 Å². The lowest BCUT2D eigenvalue weighted by atomic mass is 9.71. The van der Waals surface area contributed by atoms with Gasteiger partial charge in [0.25, 0.3) is 5.91 Å². The Bertz CT molecular complexity index is 752. The Labute approximate surface area is 153 Å². The average Bonchev–Trinajstić information content (AvgIpc) is 2.84. The maximum atomic E-state index is 12.9. The fourth-order valence-electron chi connectivity index (χ4n) is 6.12. The number of rotatable bonds is 3. The van der Waals surface area contributed by atoms with E-state index in [1.807, 2.05) is 4.90 Å². The molecule has 1 aromatic rings. The molecule has 4 aliphatic rings. The van der Waals surface area contributed by atoms with Crippen molar-refractivity contribution in [3.8, 4) is 0 Å². The molecule has 26 heavy (non-hydrogen) atoms. The molecular formula is C20H27N3O3. The Hall–Kier alpha value is -1.85. The van der Waals surface area contributed by atoms with E-state index < -0.39 is 0 Å². The van der Waals surface area contributed by atoms with Crippen molar-refractivity contribution in [2.45, 2.75) is 46.0 Å². The quantitative estimate of drug-likeness (QED) is 0.833. The number of hydrogen-bond acceptors (Lipinski definition) is 4. The van der Waals surface area contributed by atoms with Gasteiger partial charge in [0.15, 0.2) is 5.69 Å². The lowest BCUT2D eigenvalue weighted by molar-refractivity contribution is -0.132. The highest BCUT2D eigenvalue weighted by Gasteiger charge is 2.66. The summed E-state index contributed by atoms with van der Waals surface area (Å²) in [4.78, 5) is 29.9. The zero-order valence-corrected chi connectivity index (χ0v) is 15.7. The van der Waals surface area contributed by atoms with Gasteiger partial charge in [0.2, 0.25) is 5.91 Å². The molecule has 0 N–H and O–H groups in total. The molecule has 2 saturated carbocycles. The lowest BCUT2D eigenvalue weighted by Gasteiger charge is -2.29. The first-order valence-electron chi connectivity index (χ1n) is 9.98. The van der Waals surface area contributed by atoms with Crippen LogP contribution in [0.4, 0.5) is 0 Å². The van der Waals surface area contributed by atoms with Crippen LogP contribution in [0, 0.1) is 29.6 Å². The molecule has 4 unspecified atom stereocenters. The van der Waals surface area contributed by atoms with Crippen LogP contribution in [0.15, 0.2) is 10.6 Å². The first-order valence-corrected chi connectivity index (χ1v) is 9.98. The molecule has 1 aromatic heterocycles. The zero-order chi connectivity index (χ0) is 18.1. The Morgan fingerprint density at radius 3 is 2.38 bits per heavy atom. The van der Waals surface area contributed by atoms with Gasteiger partial charge >= 0.3 is 0 Å². The molecule has 0 spiro atoms. The van der Waals surface area contributed by atoms with Gasteiger partial charge in [0.05, 0.1) is 0 Å². The van der Waals surface area contributed by atoms with Crippen LogP contribution in [0.3, 0.4) is 0 Å². The summed E-state index contributed by atoms with van der Waals surface area (Å²) >= 11 is 0. The van der Waals surface area contributed by atoms with Crippen LogP contribution in [0.1, 0.15) is 55.3 Å². The minimum Gasteiger partial charge on any atom is -0.361 e. The molecule has 3 heterocycles. The van der Waals surface area contributed by atoms with Crippen LogP contribution in [-0.2, 0) is 4.79 Å². The molecule has 0 bridgehead atoms. The van der Waals surface area contributed by atoms with Crippen molar-refractivity contribution >= 4 is 11.8 Å². The van der Waals surface area contributed by atoms with Gasteiger partial charge in [0, 0.05) is 49.0 Å². The number of likely N-dealkylation sites (tertiary alicyclic amines) is 2. The second-order valence-electron chi connectivity index (χ2n) is 9.10. The Morgan fingerprint density at radius 2 is 1.85 bits per heavy atom. The van der Waals surface area contributed by atoms with Crippen LogP contribution in [0.2, 0.25) is 0 Å². The van der Waals surface area contributed by atoms with Crippen LogP contribution in [0.25, 0.3) is 0 Å². The first-order chi connectivity index (χ1) is 12.5. The number of aromatic nitrogens is 1. The van der Waals surface area contributed by atoms with Gasteiger partial charge in [0.1, 0.15) is 5.76 Å². The van der Waals surface area contributed by atoms with Crippen molar-refractivity contribution in [2.24, 2.45) is 22.7 Å². The number of amides is 2. The van der Waals surface area contributed by atoms with E-state index in [1.54, 1.807) is 13.0 Å². The Balaban J connectivity index is 1.35. The summed E-state index contributed by atoms with van der Waals surface area (Å²) in [6.45, 7) is 7.16. The van der Waals surface area contributed by atoms with Gasteiger partial charge in [-0.1, -0.05) is 24.9 Å². The SMILES string of the molecule is CCC1CC1C(=O)N1CC23CCCC2(CN(C(=O)c2cc(C)on2)C3)C1. The van der Waals surface area contributed by atoms with Crippen molar-refractivity contribution in [1.82, 2.24) is 15.0 Å². The highest BCUT2D eigenvalue weighted by atomic mass is 16.5. The maximum Gasteiger partial charge on any atom is 0.276 e. The number of carbonyl (C=O) groups excluding carboxylic acids is 2. The monoisotopic (exact) mass is 357 g/mol. The first kappa shape index (κ1) is 16.3. The van der Waals surface area contributed by atoms with Crippen molar-refractivity contribution < 1.29 is 14.1 Å². The third-order valence-electron chi connectivity index (χ3n) is 7.62. The molecule has 4 fully saturated rings. The molecule has 0 aromatic carbocycles. The van der Waals surface area contributed by atoms with Crippen molar-refractivity contribution in [1.29, 1.82) is 0 Å². The van der Waals surface area contributed by atoms with E-state index in [9.17, 15) is 9.59 Å². The van der Waals surface area contributed by atoms with E-state index in [-0.39, 0.29) is 22.7 Å². The molecule has 2 saturated heterocycles. The van der Waals surface area contributed by atoms with Crippen LogP contribution in [0.5, 0.6) is 0 Å². The summed E-state index contributed by atoms with van der Waals surface area (Å²) in [5.74, 6) is 1.88. The van der Waals surface area contributed by atoms with Gasteiger partial charge in [-0.3, -0.25) is 9.59 Å². The summed E-state index contributed by atoms with van der Waals surface area (Å²) < 4.78 is 5.08. The zero-order valence-electron chi connectivity index (χ0n) is 15.7. The van der Waals surface area contributed by atoms with Crippen LogP contribution in [-0.4, -0.2) is 52.9 Å². The molecule has 2 amide bonds. The molecule has 6 nitrogen and oxygen atoms in total. The number of aryl methyl sites for hydroxylation is 1. The highest BCUT2D eigenvalue weighted by Crippen LogP contribution is 2.62. The molecule has 2 aliphatic carbocycles. The minimum atomic E-state index is -0.0250. The predicted molar refractivity (Wildman–Crippen MR) is 94.3 cm³/mol. The van der Waals surface area contributed by atoms with Crippen LogP contribution >= 0.6 is 0 Å². The fraction of sp³-hybridized carbons (Fsp3) is 0.750. The highest BCUT2D eigenvalue weighted by molar-refractivity contribution is 5.92.